The highest BCUT2D eigenvalue weighted by atomic mass is 32.2. The van der Waals surface area contributed by atoms with Crippen molar-refractivity contribution in [3.05, 3.63) is 28.7 Å². The fourth-order valence-electron chi connectivity index (χ4n) is 1.14. The zero-order valence-corrected chi connectivity index (χ0v) is 9.59. The summed E-state index contributed by atoms with van der Waals surface area (Å²) in [7, 11) is 1.76. The van der Waals surface area contributed by atoms with Crippen LogP contribution >= 0.6 is 11.8 Å². The molecule has 0 fully saturated rings. The molecule has 2 N–H and O–H groups in total. The maximum Gasteiger partial charge on any atom is 0.320 e. The van der Waals surface area contributed by atoms with E-state index in [-0.39, 0.29) is 16.7 Å². The zero-order chi connectivity index (χ0) is 12.4. The lowest BCUT2D eigenvalue weighted by molar-refractivity contribution is -0.388. The van der Waals surface area contributed by atoms with Crippen LogP contribution in [0.3, 0.4) is 0 Å². The number of hydrogen-bond donors (Lipinski definition) is 1. The summed E-state index contributed by atoms with van der Waals surface area (Å²) in [5.74, 6) is 0.00184. The molecular weight excluding hydrogens is 244 g/mol. The van der Waals surface area contributed by atoms with Gasteiger partial charge in [-0.05, 0) is 0 Å². The molecule has 17 heavy (non-hydrogen) atoms. The number of rotatable bonds is 3. The van der Waals surface area contributed by atoms with Gasteiger partial charge in [-0.25, -0.2) is 4.98 Å². The first-order valence-corrected chi connectivity index (χ1v) is 5.31. The molecule has 0 spiro atoms. The molecule has 0 saturated carbocycles. The third kappa shape index (κ3) is 2.50. The molecule has 0 unspecified atom stereocenters. The van der Waals surface area contributed by atoms with Crippen molar-refractivity contribution < 1.29 is 4.92 Å². The molecule has 2 aromatic rings. The lowest BCUT2D eigenvalue weighted by atomic mass is 10.5. The normalized spacial score (nSPS) is 10.4. The van der Waals surface area contributed by atoms with Crippen molar-refractivity contribution in [1.29, 1.82) is 0 Å². The predicted molar refractivity (Wildman–Crippen MR) is 60.4 cm³/mol. The summed E-state index contributed by atoms with van der Waals surface area (Å²) in [6.07, 6.45) is 4.42. The average molecular weight is 252 g/mol. The van der Waals surface area contributed by atoms with E-state index in [2.05, 4.69) is 15.1 Å². The van der Waals surface area contributed by atoms with Crippen LogP contribution in [0.15, 0.2) is 28.5 Å². The van der Waals surface area contributed by atoms with E-state index in [1.165, 1.54) is 0 Å². The van der Waals surface area contributed by atoms with Crippen LogP contribution in [-0.4, -0.2) is 24.7 Å². The number of aromatic nitrogens is 4. The van der Waals surface area contributed by atoms with Gasteiger partial charge in [-0.3, -0.25) is 14.8 Å². The van der Waals surface area contributed by atoms with Crippen molar-refractivity contribution >= 4 is 23.4 Å². The van der Waals surface area contributed by atoms with Gasteiger partial charge in [-0.15, -0.1) is 0 Å². The molecule has 0 amide bonds. The Kier molecular flexibility index (Phi) is 2.91. The van der Waals surface area contributed by atoms with Crippen molar-refractivity contribution in [2.75, 3.05) is 5.73 Å². The van der Waals surface area contributed by atoms with Crippen molar-refractivity contribution in [1.82, 2.24) is 19.7 Å². The van der Waals surface area contributed by atoms with Gasteiger partial charge in [0.05, 0.1) is 16.0 Å². The second-order valence-electron chi connectivity index (χ2n) is 3.13. The molecule has 88 valence electrons. The number of aryl methyl sites for hydroxylation is 1. The van der Waals surface area contributed by atoms with Gasteiger partial charge >= 0.3 is 5.69 Å². The first kappa shape index (κ1) is 11.3. The Balaban J connectivity index is 2.37. The van der Waals surface area contributed by atoms with E-state index in [4.69, 9.17) is 5.73 Å². The predicted octanol–water partition coefficient (Wildman–Crippen LogP) is 0.852. The summed E-state index contributed by atoms with van der Waals surface area (Å²) >= 11 is 1.12. The van der Waals surface area contributed by atoms with E-state index in [1.807, 2.05) is 0 Å². The largest absolute Gasteiger partial charge is 0.368 e. The highest BCUT2D eigenvalue weighted by Crippen LogP contribution is 2.32. The lowest BCUT2D eigenvalue weighted by Crippen LogP contribution is -2.00. The van der Waals surface area contributed by atoms with Gasteiger partial charge in [0.15, 0.2) is 5.03 Å². The van der Waals surface area contributed by atoms with Crippen LogP contribution in [0.5, 0.6) is 0 Å². The smallest absolute Gasteiger partial charge is 0.320 e. The molecule has 2 heterocycles. The van der Waals surface area contributed by atoms with E-state index < -0.39 is 4.92 Å². The summed E-state index contributed by atoms with van der Waals surface area (Å²) in [4.78, 5) is 18.4. The third-order valence-electron chi connectivity index (χ3n) is 1.85. The topological polar surface area (TPSA) is 113 Å². The van der Waals surface area contributed by atoms with E-state index in [0.717, 1.165) is 22.9 Å². The van der Waals surface area contributed by atoms with Crippen LogP contribution in [0.25, 0.3) is 0 Å². The minimum atomic E-state index is -0.544. The SMILES string of the molecule is Cn1cc(Sc2nc(N)ncc2[N+](=O)[O-])cn1. The number of nitrogens with two attached hydrogens (primary N) is 1. The van der Waals surface area contributed by atoms with Crippen LogP contribution < -0.4 is 5.73 Å². The molecule has 0 atom stereocenters. The van der Waals surface area contributed by atoms with Crippen LogP contribution in [0.1, 0.15) is 0 Å². The molecular formula is C8H8N6O2S. The Hall–Kier alpha value is -2.16. The monoisotopic (exact) mass is 252 g/mol. The second kappa shape index (κ2) is 4.37. The Bertz CT molecular complexity index is 569. The summed E-state index contributed by atoms with van der Waals surface area (Å²) in [5.41, 5.74) is 5.23. The second-order valence-corrected chi connectivity index (χ2v) is 4.19. The molecule has 9 heteroatoms. The van der Waals surface area contributed by atoms with Crippen molar-refractivity contribution in [3.8, 4) is 0 Å². The van der Waals surface area contributed by atoms with E-state index in [0.29, 0.717) is 0 Å². The van der Waals surface area contributed by atoms with Gasteiger partial charge in [0.1, 0.15) is 6.20 Å². The molecule has 0 saturated heterocycles. The van der Waals surface area contributed by atoms with Crippen molar-refractivity contribution in [3.63, 3.8) is 0 Å². The van der Waals surface area contributed by atoms with Gasteiger partial charge in [0.25, 0.3) is 0 Å². The average Bonchev–Trinajstić information content (AvgIpc) is 2.63. The number of nitro groups is 1. The number of anilines is 1. The number of nitrogen functional groups attached to an aromatic ring is 1. The fourth-order valence-corrected chi connectivity index (χ4v) is 2.04. The van der Waals surface area contributed by atoms with E-state index in [9.17, 15) is 10.1 Å². The summed E-state index contributed by atoms with van der Waals surface area (Å²) < 4.78 is 1.60. The van der Waals surface area contributed by atoms with Crippen LogP contribution in [0, 0.1) is 10.1 Å². The maximum absolute atomic E-state index is 10.8. The molecule has 0 aliphatic heterocycles. The summed E-state index contributed by atoms with van der Waals surface area (Å²) in [6, 6.07) is 0. The lowest BCUT2D eigenvalue weighted by Gasteiger charge is -1.99. The quantitative estimate of drug-likeness (QED) is 0.489. The van der Waals surface area contributed by atoms with Crippen LogP contribution in [-0.2, 0) is 7.05 Å². The standard InChI is InChI=1S/C8H8N6O2S/c1-13-4-5(2-11-13)17-7-6(14(15)16)3-10-8(9)12-7/h2-4H,1H3,(H2,9,10,12). The van der Waals surface area contributed by atoms with Gasteiger partial charge in [0.2, 0.25) is 5.95 Å². The minimum Gasteiger partial charge on any atom is -0.368 e. The van der Waals surface area contributed by atoms with Crippen LogP contribution in [0.2, 0.25) is 0 Å². The van der Waals surface area contributed by atoms with Crippen molar-refractivity contribution in [2.24, 2.45) is 7.05 Å². The molecule has 8 nitrogen and oxygen atoms in total. The van der Waals surface area contributed by atoms with Gasteiger partial charge in [-0.1, -0.05) is 11.8 Å². The highest BCUT2D eigenvalue weighted by molar-refractivity contribution is 7.99. The maximum atomic E-state index is 10.8. The molecule has 2 rings (SSSR count). The van der Waals surface area contributed by atoms with E-state index >= 15 is 0 Å². The first-order chi connectivity index (χ1) is 8.06. The van der Waals surface area contributed by atoms with Gasteiger partial charge < -0.3 is 5.73 Å². The zero-order valence-electron chi connectivity index (χ0n) is 8.77. The number of hydrogen-bond acceptors (Lipinski definition) is 7. The minimum absolute atomic E-state index is 0.00184. The molecule has 0 aliphatic carbocycles. The number of nitrogens with zero attached hydrogens (tertiary/aromatic N) is 5. The van der Waals surface area contributed by atoms with Crippen LogP contribution in [0.4, 0.5) is 11.6 Å². The molecule has 2 aromatic heterocycles. The van der Waals surface area contributed by atoms with Gasteiger partial charge in [-0.2, -0.15) is 10.1 Å². The summed E-state index contributed by atoms with van der Waals surface area (Å²) in [6.45, 7) is 0. The molecule has 0 aromatic carbocycles. The summed E-state index contributed by atoms with van der Waals surface area (Å²) in [5, 5.41) is 14.9. The Labute approximate surface area is 100 Å². The Morgan fingerprint density at radius 3 is 2.88 bits per heavy atom. The molecule has 0 bridgehead atoms. The molecule has 0 aliphatic rings. The Morgan fingerprint density at radius 2 is 2.29 bits per heavy atom. The third-order valence-corrected chi connectivity index (χ3v) is 2.79. The fraction of sp³-hybridized carbons (Fsp3) is 0.125. The molecule has 0 radical (unpaired) electrons. The highest BCUT2D eigenvalue weighted by Gasteiger charge is 2.18. The van der Waals surface area contributed by atoms with Gasteiger partial charge in [0, 0.05) is 13.2 Å². The Morgan fingerprint density at radius 1 is 1.53 bits per heavy atom. The first-order valence-electron chi connectivity index (χ1n) is 4.49. The van der Waals surface area contributed by atoms with Crippen molar-refractivity contribution in [2.45, 2.75) is 9.92 Å². The van der Waals surface area contributed by atoms with E-state index in [1.54, 1.807) is 24.1 Å².